The number of nitrogens with one attached hydrogen (secondary N) is 1. The summed E-state index contributed by atoms with van der Waals surface area (Å²) in [5.41, 5.74) is 0. The molecule has 0 spiro atoms. The Morgan fingerprint density at radius 3 is 2.73 bits per heavy atom. The molecule has 1 N–H and O–H groups in total. The minimum absolute atomic E-state index is 0.0148. The maximum absolute atomic E-state index is 11.7. The Bertz CT molecular complexity index is 306. The van der Waals surface area contributed by atoms with E-state index in [1.54, 1.807) is 0 Å². The summed E-state index contributed by atoms with van der Waals surface area (Å²) in [7, 11) is 0. The molecule has 84 valence electrons. The van der Waals surface area contributed by atoms with Gasteiger partial charge in [-0.25, -0.2) is 0 Å². The lowest BCUT2D eigenvalue weighted by molar-refractivity contribution is -0.135. The quantitative estimate of drug-likeness (QED) is 0.793. The van der Waals surface area contributed by atoms with E-state index in [1.807, 2.05) is 0 Å². The van der Waals surface area contributed by atoms with Crippen LogP contribution in [-0.4, -0.2) is 18.6 Å². The summed E-state index contributed by atoms with van der Waals surface area (Å²) >= 11 is 0. The smallest absolute Gasteiger partial charge is 0.389 e. The van der Waals surface area contributed by atoms with Gasteiger partial charge in [0.2, 0.25) is 0 Å². The first-order chi connectivity index (χ1) is 6.99. The molecule has 1 amide bonds. The van der Waals surface area contributed by atoms with Crippen LogP contribution in [0.1, 0.15) is 23.4 Å². The Morgan fingerprint density at radius 2 is 2.20 bits per heavy atom. The van der Waals surface area contributed by atoms with Crippen LogP contribution >= 0.6 is 0 Å². The van der Waals surface area contributed by atoms with Crippen LogP contribution < -0.4 is 5.32 Å². The van der Waals surface area contributed by atoms with Crippen LogP contribution in [0.2, 0.25) is 0 Å². The fraction of sp³-hybridized carbons (Fsp3) is 0.444. The highest BCUT2D eigenvalue weighted by Gasteiger charge is 2.26. The average Bonchev–Trinajstić information content (AvgIpc) is 2.63. The number of hydrogen-bond acceptors (Lipinski definition) is 2. The largest absolute Gasteiger partial charge is 0.459 e. The third-order valence-electron chi connectivity index (χ3n) is 1.67. The van der Waals surface area contributed by atoms with E-state index in [4.69, 9.17) is 4.42 Å². The molecule has 0 aliphatic rings. The zero-order valence-corrected chi connectivity index (χ0v) is 7.80. The number of halogens is 3. The van der Waals surface area contributed by atoms with E-state index in [-0.39, 0.29) is 18.7 Å². The monoisotopic (exact) mass is 221 g/mol. The molecule has 0 saturated carbocycles. The number of furan rings is 1. The molecule has 1 rings (SSSR count). The van der Waals surface area contributed by atoms with Gasteiger partial charge in [-0.15, -0.1) is 0 Å². The molecule has 0 bridgehead atoms. The van der Waals surface area contributed by atoms with E-state index in [9.17, 15) is 18.0 Å². The number of alkyl halides is 3. The van der Waals surface area contributed by atoms with Crippen molar-refractivity contribution in [2.45, 2.75) is 19.0 Å². The molecule has 0 fully saturated rings. The molecule has 0 saturated heterocycles. The number of carbonyl (C=O) groups is 1. The molecular formula is C9H10F3NO2. The molecule has 3 nitrogen and oxygen atoms in total. The van der Waals surface area contributed by atoms with E-state index in [1.165, 1.54) is 18.4 Å². The highest BCUT2D eigenvalue weighted by atomic mass is 19.4. The minimum atomic E-state index is -4.17. The third-order valence-corrected chi connectivity index (χ3v) is 1.67. The molecule has 15 heavy (non-hydrogen) atoms. The number of carbonyl (C=O) groups excluding carboxylic acids is 1. The Kier molecular flexibility index (Phi) is 3.76. The van der Waals surface area contributed by atoms with Gasteiger partial charge in [0.15, 0.2) is 5.76 Å². The Labute approximate surface area is 84.3 Å². The SMILES string of the molecule is O=C(NCCCC(F)(F)F)c1ccco1. The first-order valence-electron chi connectivity index (χ1n) is 4.37. The van der Waals surface area contributed by atoms with Crippen molar-refractivity contribution < 1.29 is 22.4 Å². The molecular weight excluding hydrogens is 211 g/mol. The lowest BCUT2D eigenvalue weighted by Crippen LogP contribution is -2.25. The second-order valence-corrected chi connectivity index (χ2v) is 2.95. The molecule has 0 aliphatic heterocycles. The highest BCUT2D eigenvalue weighted by Crippen LogP contribution is 2.20. The van der Waals surface area contributed by atoms with Crippen molar-refractivity contribution in [2.75, 3.05) is 6.54 Å². The predicted molar refractivity (Wildman–Crippen MR) is 46.3 cm³/mol. The van der Waals surface area contributed by atoms with E-state index >= 15 is 0 Å². The van der Waals surface area contributed by atoms with Crippen molar-refractivity contribution in [1.29, 1.82) is 0 Å². The summed E-state index contributed by atoms with van der Waals surface area (Å²) in [6.45, 7) is -0.0148. The summed E-state index contributed by atoms with van der Waals surface area (Å²) in [5, 5.41) is 2.32. The van der Waals surface area contributed by atoms with E-state index in [0.29, 0.717) is 0 Å². The summed E-state index contributed by atoms with van der Waals surface area (Å²) < 4.78 is 39.9. The van der Waals surface area contributed by atoms with E-state index < -0.39 is 18.5 Å². The Balaban J connectivity index is 2.19. The van der Waals surface area contributed by atoms with Gasteiger partial charge in [-0.1, -0.05) is 0 Å². The fourth-order valence-corrected chi connectivity index (χ4v) is 0.986. The van der Waals surface area contributed by atoms with Crippen LogP contribution in [0.25, 0.3) is 0 Å². The fourth-order valence-electron chi connectivity index (χ4n) is 0.986. The summed E-state index contributed by atoms with van der Waals surface area (Å²) in [6, 6.07) is 2.98. The van der Waals surface area contributed by atoms with Gasteiger partial charge in [0, 0.05) is 13.0 Å². The summed E-state index contributed by atoms with van der Waals surface area (Å²) in [5.74, 6) is -0.399. The van der Waals surface area contributed by atoms with Crippen molar-refractivity contribution in [3.63, 3.8) is 0 Å². The molecule has 0 aliphatic carbocycles. The lowest BCUT2D eigenvalue weighted by atomic mass is 10.3. The van der Waals surface area contributed by atoms with Crippen LogP contribution in [0.3, 0.4) is 0 Å². The van der Waals surface area contributed by atoms with Gasteiger partial charge in [-0.05, 0) is 18.6 Å². The van der Waals surface area contributed by atoms with Crippen molar-refractivity contribution in [3.8, 4) is 0 Å². The van der Waals surface area contributed by atoms with Gasteiger partial charge >= 0.3 is 6.18 Å². The number of hydrogen-bond donors (Lipinski definition) is 1. The van der Waals surface area contributed by atoms with Crippen LogP contribution in [0.4, 0.5) is 13.2 Å². The van der Waals surface area contributed by atoms with Crippen LogP contribution in [0.5, 0.6) is 0 Å². The standard InChI is InChI=1S/C9H10F3NO2/c10-9(11,12)4-2-5-13-8(14)7-3-1-6-15-7/h1,3,6H,2,4-5H2,(H,13,14). The van der Waals surface area contributed by atoms with E-state index in [0.717, 1.165) is 0 Å². The molecule has 0 radical (unpaired) electrons. The lowest BCUT2D eigenvalue weighted by Gasteiger charge is -2.06. The minimum Gasteiger partial charge on any atom is -0.459 e. The molecule has 1 aromatic rings. The Hall–Kier alpha value is -1.46. The summed E-state index contributed by atoms with van der Waals surface area (Å²) in [6.07, 6.45) is -3.87. The maximum atomic E-state index is 11.7. The highest BCUT2D eigenvalue weighted by molar-refractivity contribution is 5.91. The van der Waals surface area contributed by atoms with Crippen LogP contribution in [0.15, 0.2) is 22.8 Å². The normalized spacial score (nSPS) is 11.4. The van der Waals surface area contributed by atoms with Crippen LogP contribution in [-0.2, 0) is 0 Å². The van der Waals surface area contributed by atoms with Gasteiger partial charge < -0.3 is 9.73 Å². The molecule has 0 aromatic carbocycles. The first-order valence-corrected chi connectivity index (χ1v) is 4.37. The third kappa shape index (κ3) is 4.53. The van der Waals surface area contributed by atoms with Gasteiger partial charge in [0.1, 0.15) is 0 Å². The van der Waals surface area contributed by atoms with Gasteiger partial charge in [-0.3, -0.25) is 4.79 Å². The van der Waals surface area contributed by atoms with Gasteiger partial charge in [0.05, 0.1) is 6.26 Å². The molecule has 1 aromatic heterocycles. The van der Waals surface area contributed by atoms with Crippen molar-refractivity contribution in [1.82, 2.24) is 5.32 Å². The topological polar surface area (TPSA) is 42.2 Å². The molecule has 6 heteroatoms. The second kappa shape index (κ2) is 4.86. The van der Waals surface area contributed by atoms with Gasteiger partial charge in [-0.2, -0.15) is 13.2 Å². The zero-order chi connectivity index (χ0) is 11.3. The Morgan fingerprint density at radius 1 is 1.47 bits per heavy atom. The molecule has 0 unspecified atom stereocenters. The zero-order valence-electron chi connectivity index (χ0n) is 7.80. The predicted octanol–water partition coefficient (Wildman–Crippen LogP) is 2.35. The van der Waals surface area contributed by atoms with Gasteiger partial charge in [0.25, 0.3) is 5.91 Å². The molecule has 1 heterocycles. The van der Waals surface area contributed by atoms with Crippen LogP contribution in [0, 0.1) is 0 Å². The average molecular weight is 221 g/mol. The maximum Gasteiger partial charge on any atom is 0.389 e. The summed E-state index contributed by atoms with van der Waals surface area (Å²) in [4.78, 5) is 11.1. The number of rotatable bonds is 4. The van der Waals surface area contributed by atoms with Crippen molar-refractivity contribution >= 4 is 5.91 Å². The van der Waals surface area contributed by atoms with E-state index in [2.05, 4.69) is 5.32 Å². The van der Waals surface area contributed by atoms with Crippen molar-refractivity contribution in [3.05, 3.63) is 24.2 Å². The molecule has 0 atom stereocenters. The first kappa shape index (κ1) is 11.6. The van der Waals surface area contributed by atoms with Crippen molar-refractivity contribution in [2.24, 2.45) is 0 Å². The number of amides is 1. The second-order valence-electron chi connectivity index (χ2n) is 2.95.